The molecule has 5 nitrogen and oxygen atoms in total. The van der Waals surface area contributed by atoms with E-state index in [4.69, 9.17) is 22.1 Å². The average Bonchev–Trinajstić information content (AvgIpc) is 2.42. The van der Waals surface area contributed by atoms with Gasteiger partial charge in [0.2, 0.25) is 0 Å². The van der Waals surface area contributed by atoms with Crippen molar-refractivity contribution in [2.75, 3.05) is 37.8 Å². The van der Waals surface area contributed by atoms with E-state index in [-0.39, 0.29) is 6.04 Å². The lowest BCUT2D eigenvalue weighted by atomic mass is 10.0. The Morgan fingerprint density at radius 3 is 3.00 bits per heavy atom. The van der Waals surface area contributed by atoms with Crippen molar-refractivity contribution in [3.63, 3.8) is 0 Å². The lowest BCUT2D eigenvalue weighted by Crippen LogP contribution is -2.40. The minimum Gasteiger partial charge on any atom is -0.462 e. The number of likely N-dealkylation sites (N-methyl/N-ethyl adjacent to an activating group) is 1. The molecule has 0 amide bonds. The molecule has 1 aliphatic heterocycles. The van der Waals surface area contributed by atoms with E-state index >= 15 is 0 Å². The second kappa shape index (κ2) is 7.00. The number of esters is 1. The van der Waals surface area contributed by atoms with Gasteiger partial charge in [0.25, 0.3) is 0 Å². The molecule has 21 heavy (non-hydrogen) atoms. The molecule has 1 aromatic carbocycles. The number of hydrogen-bond donors (Lipinski definition) is 2. The van der Waals surface area contributed by atoms with Gasteiger partial charge in [-0.1, -0.05) is 11.6 Å². The number of nitrogens with zero attached hydrogens (tertiary/aromatic N) is 1. The Balaban J connectivity index is 2.26. The number of halogens is 1. The number of rotatable bonds is 4. The first-order valence-corrected chi connectivity index (χ1v) is 7.60. The smallest absolute Gasteiger partial charge is 0.340 e. The third kappa shape index (κ3) is 4.02. The van der Waals surface area contributed by atoms with Crippen molar-refractivity contribution < 1.29 is 9.53 Å². The summed E-state index contributed by atoms with van der Waals surface area (Å²) < 4.78 is 5.09. The van der Waals surface area contributed by atoms with E-state index in [9.17, 15) is 4.79 Å². The van der Waals surface area contributed by atoms with Gasteiger partial charge < -0.3 is 20.7 Å². The fraction of sp³-hybridized carbons (Fsp3) is 0.533. The number of carbonyl (C=O) groups excluding carboxylic acids is 1. The molecule has 2 rings (SSSR count). The van der Waals surface area contributed by atoms with Crippen LogP contribution >= 0.6 is 11.6 Å². The maximum atomic E-state index is 12.1. The van der Waals surface area contributed by atoms with Gasteiger partial charge in [-0.25, -0.2) is 4.79 Å². The number of piperidine rings is 1. The number of nitrogens with one attached hydrogen (secondary N) is 1. The number of likely N-dealkylation sites (tertiary alicyclic amines) is 1. The van der Waals surface area contributed by atoms with Crippen LogP contribution in [0.4, 0.5) is 11.4 Å². The normalized spacial score (nSPS) is 19.3. The van der Waals surface area contributed by atoms with Gasteiger partial charge in [-0.05, 0) is 45.5 Å². The molecule has 116 valence electrons. The fourth-order valence-electron chi connectivity index (χ4n) is 2.63. The summed E-state index contributed by atoms with van der Waals surface area (Å²) in [6, 6.07) is 3.52. The zero-order chi connectivity index (χ0) is 15.4. The van der Waals surface area contributed by atoms with Crippen LogP contribution in [0.1, 0.15) is 30.1 Å². The Kier molecular flexibility index (Phi) is 5.31. The molecule has 1 fully saturated rings. The van der Waals surface area contributed by atoms with Gasteiger partial charge in [-0.3, -0.25) is 0 Å². The molecule has 0 bridgehead atoms. The Hall–Kier alpha value is -1.46. The van der Waals surface area contributed by atoms with E-state index in [0.717, 1.165) is 25.9 Å². The summed E-state index contributed by atoms with van der Waals surface area (Å²) in [5.41, 5.74) is 7.26. The predicted octanol–water partition coefficient (Wildman–Crippen LogP) is 2.61. The lowest BCUT2D eigenvalue weighted by Gasteiger charge is -2.31. The SMILES string of the molecule is CCOC(=O)c1cc(N)cc(Cl)c1NC1CCCN(C)C1. The number of nitrogens with two attached hydrogens (primary N) is 1. The van der Waals surface area contributed by atoms with Crippen LogP contribution in [-0.4, -0.2) is 43.7 Å². The Bertz CT molecular complexity index is 522. The van der Waals surface area contributed by atoms with Crippen LogP contribution < -0.4 is 11.1 Å². The largest absolute Gasteiger partial charge is 0.462 e. The molecular formula is C15H22ClN3O2. The van der Waals surface area contributed by atoms with Crippen molar-refractivity contribution in [3.8, 4) is 0 Å². The zero-order valence-electron chi connectivity index (χ0n) is 12.5. The molecule has 1 saturated heterocycles. The number of anilines is 2. The van der Waals surface area contributed by atoms with Crippen LogP contribution in [-0.2, 0) is 4.74 Å². The first-order valence-electron chi connectivity index (χ1n) is 7.22. The molecule has 1 atom stereocenters. The third-order valence-corrected chi connectivity index (χ3v) is 3.88. The topological polar surface area (TPSA) is 67.6 Å². The highest BCUT2D eigenvalue weighted by Crippen LogP contribution is 2.31. The molecule has 0 saturated carbocycles. The monoisotopic (exact) mass is 311 g/mol. The quantitative estimate of drug-likeness (QED) is 0.661. The molecule has 6 heteroatoms. The highest BCUT2D eigenvalue weighted by molar-refractivity contribution is 6.34. The van der Waals surface area contributed by atoms with Crippen molar-refractivity contribution in [3.05, 3.63) is 22.7 Å². The van der Waals surface area contributed by atoms with Crippen LogP contribution in [0.15, 0.2) is 12.1 Å². The summed E-state index contributed by atoms with van der Waals surface area (Å²) >= 11 is 6.27. The molecular weight excluding hydrogens is 290 g/mol. The minimum atomic E-state index is -0.404. The number of ether oxygens (including phenoxy) is 1. The predicted molar refractivity (Wildman–Crippen MR) is 86.0 cm³/mol. The highest BCUT2D eigenvalue weighted by Gasteiger charge is 2.22. The van der Waals surface area contributed by atoms with E-state index < -0.39 is 5.97 Å². The number of nitrogen functional groups attached to an aromatic ring is 1. The summed E-state index contributed by atoms with van der Waals surface area (Å²) in [5, 5.41) is 3.83. The van der Waals surface area contributed by atoms with E-state index in [1.165, 1.54) is 0 Å². The second-order valence-electron chi connectivity index (χ2n) is 5.39. The lowest BCUT2D eigenvalue weighted by molar-refractivity contribution is 0.0527. The molecule has 1 heterocycles. The Labute approximate surface area is 130 Å². The Morgan fingerprint density at radius 2 is 2.33 bits per heavy atom. The van der Waals surface area contributed by atoms with E-state index in [1.54, 1.807) is 19.1 Å². The van der Waals surface area contributed by atoms with E-state index in [1.807, 2.05) is 0 Å². The van der Waals surface area contributed by atoms with Gasteiger partial charge in [-0.2, -0.15) is 0 Å². The molecule has 0 aliphatic carbocycles. The van der Waals surface area contributed by atoms with Crippen molar-refractivity contribution >= 4 is 28.9 Å². The van der Waals surface area contributed by atoms with Crippen LogP contribution in [0.25, 0.3) is 0 Å². The van der Waals surface area contributed by atoms with Gasteiger partial charge in [0, 0.05) is 18.3 Å². The fourth-order valence-corrected chi connectivity index (χ4v) is 2.91. The van der Waals surface area contributed by atoms with Crippen molar-refractivity contribution in [2.45, 2.75) is 25.8 Å². The first-order chi connectivity index (χ1) is 10.0. The van der Waals surface area contributed by atoms with Gasteiger partial charge in [0.15, 0.2) is 0 Å². The number of benzene rings is 1. The number of carbonyl (C=O) groups is 1. The Morgan fingerprint density at radius 1 is 1.57 bits per heavy atom. The third-order valence-electron chi connectivity index (χ3n) is 3.58. The summed E-state index contributed by atoms with van der Waals surface area (Å²) in [5.74, 6) is -0.404. The summed E-state index contributed by atoms with van der Waals surface area (Å²) in [4.78, 5) is 14.3. The summed E-state index contributed by atoms with van der Waals surface area (Å²) in [6.45, 7) is 4.10. The maximum absolute atomic E-state index is 12.1. The molecule has 0 aromatic heterocycles. The molecule has 3 N–H and O–H groups in total. The van der Waals surface area contributed by atoms with Gasteiger partial charge >= 0.3 is 5.97 Å². The molecule has 0 radical (unpaired) electrons. The first kappa shape index (κ1) is 15.9. The standard InChI is InChI=1S/C15H22ClN3O2/c1-3-21-15(20)12-7-10(17)8-13(16)14(12)18-11-5-4-6-19(2)9-11/h7-8,11,18H,3-6,9,17H2,1-2H3. The second-order valence-corrected chi connectivity index (χ2v) is 5.80. The van der Waals surface area contributed by atoms with Gasteiger partial charge in [-0.15, -0.1) is 0 Å². The van der Waals surface area contributed by atoms with Crippen LogP contribution in [0, 0.1) is 0 Å². The van der Waals surface area contributed by atoms with Gasteiger partial charge in [0.05, 0.1) is 22.9 Å². The number of hydrogen-bond acceptors (Lipinski definition) is 5. The summed E-state index contributed by atoms with van der Waals surface area (Å²) in [7, 11) is 2.09. The molecule has 0 spiro atoms. The van der Waals surface area contributed by atoms with Crippen molar-refractivity contribution in [2.24, 2.45) is 0 Å². The van der Waals surface area contributed by atoms with E-state index in [2.05, 4.69) is 17.3 Å². The molecule has 1 aliphatic rings. The molecule has 1 aromatic rings. The van der Waals surface area contributed by atoms with Crippen LogP contribution in [0.5, 0.6) is 0 Å². The highest BCUT2D eigenvalue weighted by atomic mass is 35.5. The van der Waals surface area contributed by atoms with Crippen molar-refractivity contribution in [1.82, 2.24) is 4.90 Å². The van der Waals surface area contributed by atoms with E-state index in [0.29, 0.717) is 28.6 Å². The van der Waals surface area contributed by atoms with Crippen molar-refractivity contribution in [1.29, 1.82) is 0 Å². The van der Waals surface area contributed by atoms with Crippen LogP contribution in [0.2, 0.25) is 5.02 Å². The minimum absolute atomic E-state index is 0.262. The summed E-state index contributed by atoms with van der Waals surface area (Å²) in [6.07, 6.45) is 2.17. The maximum Gasteiger partial charge on any atom is 0.340 e. The average molecular weight is 312 g/mol. The zero-order valence-corrected chi connectivity index (χ0v) is 13.2. The van der Waals surface area contributed by atoms with Crippen LogP contribution in [0.3, 0.4) is 0 Å². The van der Waals surface area contributed by atoms with Gasteiger partial charge in [0.1, 0.15) is 0 Å². The molecule has 1 unspecified atom stereocenters.